The standard InChI is InChI=1S/C31H35F3N4O6/c1-30(11-14-37(15-12-30)25-10-16-44-18-22(25)31(32,33)34)28(42)35-23(27(40)41)17-19-5-3-7-21-20(19)6-4-8-24(21)38-26(39)9-13-36(2)29(38)43/h3-9,13,22-23,25H,10-12,14-18H2,1-2H3,(H,35,42)(H,40,41)/t22-,23-,25+/m0/s1. The molecule has 5 rings (SSSR count). The Hall–Kier alpha value is -3.97. The third-order valence-electron chi connectivity index (χ3n) is 9.07. The highest BCUT2D eigenvalue weighted by Crippen LogP contribution is 2.39. The Morgan fingerprint density at radius 3 is 2.45 bits per heavy atom. The van der Waals surface area contributed by atoms with Gasteiger partial charge in [0, 0.05) is 49.2 Å². The number of alkyl halides is 3. The van der Waals surface area contributed by atoms with Crippen LogP contribution in [0.5, 0.6) is 0 Å². The van der Waals surface area contributed by atoms with E-state index in [2.05, 4.69) is 5.32 Å². The Bertz CT molecular complexity index is 1680. The number of aliphatic carboxylic acids is 1. The van der Waals surface area contributed by atoms with Gasteiger partial charge in [0.1, 0.15) is 6.04 Å². The van der Waals surface area contributed by atoms with Gasteiger partial charge in [-0.15, -0.1) is 0 Å². The number of amides is 1. The van der Waals surface area contributed by atoms with Crippen molar-refractivity contribution in [2.45, 2.75) is 50.9 Å². The lowest BCUT2D eigenvalue weighted by molar-refractivity contribution is -0.220. The molecule has 3 aromatic rings. The smallest absolute Gasteiger partial charge is 0.395 e. The maximum atomic E-state index is 13.6. The van der Waals surface area contributed by atoms with Gasteiger partial charge >= 0.3 is 17.8 Å². The monoisotopic (exact) mass is 616 g/mol. The van der Waals surface area contributed by atoms with Gasteiger partial charge in [0.15, 0.2) is 0 Å². The Kier molecular flexibility index (Phi) is 8.72. The van der Waals surface area contributed by atoms with Crippen LogP contribution in [0, 0.1) is 11.3 Å². The third kappa shape index (κ3) is 6.16. The predicted octanol–water partition coefficient (Wildman–Crippen LogP) is 2.87. The van der Waals surface area contributed by atoms with Gasteiger partial charge in [-0.1, -0.05) is 37.3 Å². The van der Waals surface area contributed by atoms with Crippen LogP contribution in [0.3, 0.4) is 0 Å². The van der Waals surface area contributed by atoms with Gasteiger partial charge in [0.25, 0.3) is 5.56 Å². The van der Waals surface area contributed by atoms with E-state index in [1.165, 1.54) is 23.9 Å². The normalized spacial score (nSPS) is 21.6. The predicted molar refractivity (Wildman–Crippen MR) is 156 cm³/mol. The number of rotatable bonds is 7. The Morgan fingerprint density at radius 2 is 1.77 bits per heavy atom. The van der Waals surface area contributed by atoms with Crippen molar-refractivity contribution < 1.29 is 32.6 Å². The molecule has 0 saturated carbocycles. The first-order valence-corrected chi connectivity index (χ1v) is 14.5. The summed E-state index contributed by atoms with van der Waals surface area (Å²) < 4.78 is 48.3. The molecule has 3 heterocycles. The van der Waals surface area contributed by atoms with E-state index in [0.717, 1.165) is 4.57 Å². The van der Waals surface area contributed by atoms with E-state index in [1.807, 2.05) is 0 Å². The Labute approximate surface area is 251 Å². The van der Waals surface area contributed by atoms with Crippen molar-refractivity contribution in [1.29, 1.82) is 0 Å². The number of aromatic nitrogens is 2. The van der Waals surface area contributed by atoms with Crippen LogP contribution in [0.25, 0.3) is 16.5 Å². The molecule has 1 aromatic heterocycles. The van der Waals surface area contributed by atoms with E-state index in [4.69, 9.17) is 4.74 Å². The summed E-state index contributed by atoms with van der Waals surface area (Å²) >= 11 is 0. The zero-order valence-electron chi connectivity index (χ0n) is 24.5. The van der Waals surface area contributed by atoms with Crippen LogP contribution in [0.2, 0.25) is 0 Å². The van der Waals surface area contributed by atoms with Crippen molar-refractivity contribution in [2.75, 3.05) is 26.3 Å². The van der Waals surface area contributed by atoms with Gasteiger partial charge < -0.3 is 19.7 Å². The second-order valence-corrected chi connectivity index (χ2v) is 11.9. The topological polar surface area (TPSA) is 123 Å². The lowest BCUT2D eigenvalue weighted by Gasteiger charge is -2.46. The fraction of sp³-hybridized carbons (Fsp3) is 0.484. The van der Waals surface area contributed by atoms with Crippen LogP contribution in [0.1, 0.15) is 31.7 Å². The highest BCUT2D eigenvalue weighted by molar-refractivity contribution is 5.93. The number of hydrogen-bond acceptors (Lipinski definition) is 6. The van der Waals surface area contributed by atoms with E-state index in [1.54, 1.807) is 48.2 Å². The van der Waals surface area contributed by atoms with E-state index >= 15 is 0 Å². The molecule has 0 spiro atoms. The fourth-order valence-electron chi connectivity index (χ4n) is 6.32. The number of carboxylic acid groups (broad SMARTS) is 1. The SMILES string of the molecule is Cn1ccc(=O)n(-c2cccc3c(C[C@H](NC(=O)C4(C)CCN([C@@H]5CCOC[C@@H]5C(F)(F)F)CC4)C(=O)O)cccc23)c1=O. The molecular formula is C31H35F3N4O6. The van der Waals surface area contributed by atoms with Crippen LogP contribution >= 0.6 is 0 Å². The van der Waals surface area contributed by atoms with Crippen LogP contribution in [-0.4, -0.2) is 75.6 Å². The maximum absolute atomic E-state index is 13.6. The van der Waals surface area contributed by atoms with Crippen molar-refractivity contribution in [3.05, 3.63) is 75.1 Å². The molecule has 0 radical (unpaired) electrons. The fourth-order valence-corrected chi connectivity index (χ4v) is 6.32. The summed E-state index contributed by atoms with van der Waals surface area (Å²) in [4.78, 5) is 53.0. The second kappa shape index (κ2) is 12.2. The molecule has 1 amide bonds. The zero-order chi connectivity index (χ0) is 31.8. The largest absolute Gasteiger partial charge is 0.480 e. The second-order valence-electron chi connectivity index (χ2n) is 11.9. The van der Waals surface area contributed by atoms with Crippen molar-refractivity contribution >= 4 is 22.6 Å². The number of fused-ring (bicyclic) bond motifs is 1. The van der Waals surface area contributed by atoms with Crippen LogP contribution in [0.4, 0.5) is 13.2 Å². The highest BCUT2D eigenvalue weighted by atomic mass is 19.4. The van der Waals surface area contributed by atoms with Crippen LogP contribution in [-0.2, 0) is 27.8 Å². The van der Waals surface area contributed by atoms with Gasteiger partial charge in [-0.05, 0) is 49.4 Å². The molecular weight excluding hydrogens is 581 g/mol. The average molecular weight is 617 g/mol. The molecule has 2 aliphatic rings. The molecule has 2 aliphatic heterocycles. The molecule has 3 atom stereocenters. The van der Waals surface area contributed by atoms with Gasteiger partial charge in [-0.25, -0.2) is 14.2 Å². The quantitative estimate of drug-likeness (QED) is 0.419. The van der Waals surface area contributed by atoms with E-state index in [-0.39, 0.29) is 52.0 Å². The molecule has 2 aromatic carbocycles. The summed E-state index contributed by atoms with van der Waals surface area (Å²) in [5.74, 6) is -3.30. The first kappa shape index (κ1) is 31.5. The molecule has 2 saturated heterocycles. The minimum absolute atomic E-state index is 0.0683. The van der Waals surface area contributed by atoms with Crippen molar-refractivity contribution in [2.24, 2.45) is 18.4 Å². The number of halogens is 3. The molecule has 2 fully saturated rings. The van der Waals surface area contributed by atoms with E-state index in [9.17, 15) is 37.5 Å². The van der Waals surface area contributed by atoms with Gasteiger partial charge in [0.05, 0.1) is 18.2 Å². The molecule has 0 unspecified atom stereocenters. The van der Waals surface area contributed by atoms with Crippen molar-refractivity contribution in [3.8, 4) is 5.69 Å². The summed E-state index contributed by atoms with van der Waals surface area (Å²) in [7, 11) is 1.53. The minimum Gasteiger partial charge on any atom is -0.480 e. The van der Waals surface area contributed by atoms with Crippen molar-refractivity contribution in [1.82, 2.24) is 19.4 Å². The lowest BCUT2D eigenvalue weighted by Crippen LogP contribution is -2.57. The van der Waals surface area contributed by atoms with Crippen molar-refractivity contribution in [3.63, 3.8) is 0 Å². The number of likely N-dealkylation sites (tertiary alicyclic amines) is 1. The number of ether oxygens (including phenoxy) is 1. The van der Waals surface area contributed by atoms with Gasteiger partial charge in [-0.2, -0.15) is 13.2 Å². The number of hydrogen-bond donors (Lipinski definition) is 2. The zero-order valence-corrected chi connectivity index (χ0v) is 24.5. The molecule has 0 aliphatic carbocycles. The number of nitrogens with one attached hydrogen (secondary N) is 1. The number of carbonyl (C=O) groups excluding carboxylic acids is 1. The van der Waals surface area contributed by atoms with Crippen LogP contribution in [0.15, 0.2) is 58.3 Å². The van der Waals surface area contributed by atoms with Gasteiger partial charge in [-0.3, -0.25) is 14.5 Å². The highest BCUT2D eigenvalue weighted by Gasteiger charge is 2.50. The Balaban J connectivity index is 1.33. The van der Waals surface area contributed by atoms with E-state index in [0.29, 0.717) is 22.0 Å². The first-order chi connectivity index (χ1) is 20.8. The number of aryl methyl sites for hydroxylation is 1. The number of carbonyl (C=O) groups is 2. The average Bonchev–Trinajstić information content (AvgIpc) is 2.99. The lowest BCUT2D eigenvalue weighted by atomic mass is 9.78. The molecule has 44 heavy (non-hydrogen) atoms. The maximum Gasteiger partial charge on any atom is 0.395 e. The number of carboxylic acids is 1. The Morgan fingerprint density at radius 1 is 1.09 bits per heavy atom. The molecule has 13 heteroatoms. The summed E-state index contributed by atoms with van der Waals surface area (Å²) in [6, 6.07) is 9.50. The molecule has 2 N–H and O–H groups in total. The number of nitrogens with zero attached hydrogens (tertiary/aromatic N) is 3. The summed E-state index contributed by atoms with van der Waals surface area (Å²) in [6.45, 7) is 2.15. The third-order valence-corrected chi connectivity index (χ3v) is 9.07. The van der Waals surface area contributed by atoms with Gasteiger partial charge in [0.2, 0.25) is 5.91 Å². The first-order valence-electron chi connectivity index (χ1n) is 14.5. The molecule has 10 nitrogen and oxygen atoms in total. The number of benzene rings is 2. The summed E-state index contributed by atoms with van der Waals surface area (Å²) in [5.41, 5.74) is -1.05. The minimum atomic E-state index is -4.38. The van der Waals surface area contributed by atoms with E-state index < -0.39 is 52.7 Å². The molecule has 0 bridgehead atoms. The van der Waals surface area contributed by atoms with Crippen LogP contribution < -0.4 is 16.6 Å². The summed E-state index contributed by atoms with van der Waals surface area (Å²) in [5, 5.41) is 13.9. The summed E-state index contributed by atoms with van der Waals surface area (Å²) in [6.07, 6.45) is -2.24. The molecule has 236 valence electrons. The number of piperidine rings is 1.